The first kappa shape index (κ1) is 32.1. The van der Waals surface area contributed by atoms with E-state index in [0.717, 1.165) is 34.6 Å². The molecule has 0 aliphatic rings. The van der Waals surface area contributed by atoms with E-state index >= 15 is 0 Å². The van der Waals surface area contributed by atoms with E-state index in [2.05, 4.69) is 9.47 Å². The summed E-state index contributed by atoms with van der Waals surface area (Å²) in [6.07, 6.45) is -7.61. The Morgan fingerprint density at radius 3 is 1.30 bits per heavy atom. The van der Waals surface area contributed by atoms with E-state index < -0.39 is 66.3 Å². The molecule has 12 nitrogen and oxygen atoms in total. The molecule has 0 bridgehead atoms. The van der Waals surface area contributed by atoms with Gasteiger partial charge in [0.05, 0.1) is 15.6 Å². The molecule has 0 saturated heterocycles. The number of hydrogen-bond acceptors (Lipinski definition) is 12. The van der Waals surface area contributed by atoms with Gasteiger partial charge in [-0.15, -0.1) is 0 Å². The lowest BCUT2D eigenvalue weighted by molar-refractivity contribution is -0.185. The Morgan fingerprint density at radius 1 is 0.622 bits per heavy atom. The number of halogens is 3. The van der Waals surface area contributed by atoms with Gasteiger partial charge in [-0.1, -0.05) is 34.8 Å². The van der Waals surface area contributed by atoms with Gasteiger partial charge in [-0.3, -0.25) is 0 Å². The van der Waals surface area contributed by atoms with Gasteiger partial charge in [0.2, 0.25) is 0 Å². The van der Waals surface area contributed by atoms with Crippen LogP contribution in [0.4, 0.5) is 0 Å². The Kier molecular flexibility index (Phi) is 12.3. The minimum absolute atomic E-state index is 0.141. The van der Waals surface area contributed by atoms with Gasteiger partial charge >= 0.3 is 35.8 Å². The average Bonchev–Trinajstić information content (AvgIpc) is 2.77. The Hall–Kier alpha value is -2.93. The van der Waals surface area contributed by atoms with E-state index in [0.29, 0.717) is 0 Å². The lowest BCUT2D eigenvalue weighted by Gasteiger charge is -2.19. The number of rotatable bonds is 10. The van der Waals surface area contributed by atoms with Crippen molar-refractivity contribution < 1.29 is 57.6 Å². The number of esters is 6. The Balaban J connectivity index is 2.62. The highest BCUT2D eigenvalue weighted by Crippen LogP contribution is 2.29. The fraction of sp³-hybridized carbons (Fsp3) is 0.455. The third-order valence-corrected chi connectivity index (χ3v) is 5.06. The Morgan fingerprint density at radius 2 is 0.946 bits per heavy atom. The molecule has 0 heterocycles. The molecule has 0 amide bonds. The maximum absolute atomic E-state index is 12.2. The topological polar surface area (TPSA) is 169 Å². The standard InChI is InChI=1S/C22H23Cl3O12/c1-8(26)17(27)33-9(2)18(28)34-10(3)19(29)35-11(4)20(30)36-12(5)21(31)37-22(32)16-14(24)6-13(23)7-15(16)25/h6-12,26H,1-5H3/t8-,9-,10-,11-,12-/m0/s1. The Labute approximate surface area is 226 Å². The van der Waals surface area contributed by atoms with E-state index in [1.165, 1.54) is 12.1 Å². The van der Waals surface area contributed by atoms with Crippen molar-refractivity contribution in [3.63, 3.8) is 0 Å². The zero-order valence-electron chi connectivity index (χ0n) is 20.1. The van der Waals surface area contributed by atoms with Crippen LogP contribution in [0.15, 0.2) is 12.1 Å². The van der Waals surface area contributed by atoms with Gasteiger partial charge in [0.15, 0.2) is 24.4 Å². The lowest BCUT2D eigenvalue weighted by Crippen LogP contribution is -2.38. The first-order valence-electron chi connectivity index (χ1n) is 10.5. The molecule has 0 aliphatic carbocycles. The van der Waals surface area contributed by atoms with Crippen LogP contribution < -0.4 is 0 Å². The molecule has 0 aliphatic heterocycles. The van der Waals surface area contributed by atoms with Crippen molar-refractivity contribution in [2.75, 3.05) is 0 Å². The zero-order chi connectivity index (χ0) is 28.6. The monoisotopic (exact) mass is 584 g/mol. The van der Waals surface area contributed by atoms with Crippen LogP contribution in [0.1, 0.15) is 45.0 Å². The van der Waals surface area contributed by atoms with Crippen molar-refractivity contribution in [2.24, 2.45) is 0 Å². The van der Waals surface area contributed by atoms with Gasteiger partial charge in [0.25, 0.3) is 0 Å². The largest absolute Gasteiger partial charge is 0.449 e. The molecular weight excluding hydrogens is 563 g/mol. The van der Waals surface area contributed by atoms with Crippen LogP contribution >= 0.6 is 34.8 Å². The highest BCUT2D eigenvalue weighted by molar-refractivity contribution is 6.42. The smallest absolute Gasteiger partial charge is 0.355 e. The lowest BCUT2D eigenvalue weighted by atomic mass is 10.2. The molecule has 0 unspecified atom stereocenters. The number of carbonyl (C=O) groups excluding carboxylic acids is 6. The van der Waals surface area contributed by atoms with Crippen molar-refractivity contribution >= 4 is 70.6 Å². The van der Waals surface area contributed by atoms with Crippen LogP contribution in [-0.2, 0) is 47.7 Å². The second kappa shape index (κ2) is 14.1. The fourth-order valence-electron chi connectivity index (χ4n) is 2.24. The summed E-state index contributed by atoms with van der Waals surface area (Å²) in [4.78, 5) is 72.0. The summed E-state index contributed by atoms with van der Waals surface area (Å²) < 4.78 is 23.7. The molecule has 1 rings (SSSR count). The summed E-state index contributed by atoms with van der Waals surface area (Å²) in [5.74, 6) is -7.04. The molecule has 15 heteroatoms. The zero-order valence-corrected chi connectivity index (χ0v) is 22.4. The van der Waals surface area contributed by atoms with E-state index in [9.17, 15) is 28.8 Å². The molecule has 204 valence electrons. The molecule has 0 fully saturated rings. The van der Waals surface area contributed by atoms with Crippen LogP contribution in [-0.4, -0.2) is 71.4 Å². The second-order valence-corrected chi connectivity index (χ2v) is 8.70. The van der Waals surface area contributed by atoms with E-state index in [4.69, 9.17) is 54.1 Å². The first-order chi connectivity index (χ1) is 17.0. The summed E-state index contributed by atoms with van der Waals surface area (Å²) in [6.45, 7) is 5.61. The number of hydrogen-bond donors (Lipinski definition) is 1. The van der Waals surface area contributed by atoms with Crippen molar-refractivity contribution in [3.8, 4) is 0 Å². The number of aliphatic hydroxyl groups excluding tert-OH is 1. The van der Waals surface area contributed by atoms with Crippen LogP contribution in [0, 0.1) is 0 Å². The van der Waals surface area contributed by atoms with Crippen LogP contribution in [0.2, 0.25) is 15.1 Å². The van der Waals surface area contributed by atoms with Gasteiger partial charge in [-0.25, -0.2) is 28.8 Å². The molecule has 0 spiro atoms. The second-order valence-electron chi connectivity index (χ2n) is 7.45. The molecule has 1 aromatic rings. The van der Waals surface area contributed by atoms with E-state index in [1.54, 1.807) is 0 Å². The van der Waals surface area contributed by atoms with Crippen LogP contribution in [0.3, 0.4) is 0 Å². The van der Waals surface area contributed by atoms with Crippen molar-refractivity contribution in [1.82, 2.24) is 0 Å². The summed E-state index contributed by atoms with van der Waals surface area (Å²) in [7, 11) is 0. The summed E-state index contributed by atoms with van der Waals surface area (Å²) in [5.41, 5.74) is -0.333. The normalized spacial score (nSPS) is 14.7. The first-order valence-corrected chi connectivity index (χ1v) is 11.6. The quantitative estimate of drug-likeness (QED) is 0.242. The summed E-state index contributed by atoms with van der Waals surface area (Å²) in [5, 5.41) is 8.88. The third kappa shape index (κ3) is 9.80. The van der Waals surface area contributed by atoms with Gasteiger partial charge in [0, 0.05) is 5.02 Å². The van der Waals surface area contributed by atoms with E-state index in [1.807, 2.05) is 0 Å². The molecule has 0 radical (unpaired) electrons. The van der Waals surface area contributed by atoms with E-state index in [-0.39, 0.29) is 20.6 Å². The van der Waals surface area contributed by atoms with Gasteiger partial charge in [-0.05, 0) is 46.8 Å². The molecule has 5 atom stereocenters. The van der Waals surface area contributed by atoms with Crippen molar-refractivity contribution in [1.29, 1.82) is 0 Å². The van der Waals surface area contributed by atoms with Crippen molar-refractivity contribution in [3.05, 3.63) is 32.8 Å². The number of ether oxygens (including phenoxy) is 5. The third-order valence-electron chi connectivity index (χ3n) is 4.24. The number of benzene rings is 1. The molecule has 37 heavy (non-hydrogen) atoms. The number of aliphatic hydroxyl groups is 1. The van der Waals surface area contributed by atoms with Gasteiger partial charge in [-0.2, -0.15) is 0 Å². The highest BCUT2D eigenvalue weighted by atomic mass is 35.5. The van der Waals surface area contributed by atoms with Crippen molar-refractivity contribution in [2.45, 2.75) is 65.1 Å². The van der Waals surface area contributed by atoms with Gasteiger partial charge in [0.1, 0.15) is 6.10 Å². The summed E-state index contributed by atoms with van der Waals surface area (Å²) in [6, 6.07) is 2.41. The molecule has 1 aromatic carbocycles. The molecule has 1 N–H and O–H groups in total. The number of carbonyl (C=O) groups is 6. The maximum Gasteiger partial charge on any atom is 0.355 e. The minimum Gasteiger partial charge on any atom is -0.449 e. The Bertz CT molecular complexity index is 1050. The van der Waals surface area contributed by atoms with Crippen LogP contribution in [0.5, 0.6) is 0 Å². The minimum atomic E-state index is -1.61. The predicted molar refractivity (Wildman–Crippen MR) is 126 cm³/mol. The fourth-order valence-corrected chi connectivity index (χ4v) is 3.21. The molecule has 0 saturated carbocycles. The molecule has 0 aromatic heterocycles. The van der Waals surface area contributed by atoms with Crippen LogP contribution in [0.25, 0.3) is 0 Å². The summed E-state index contributed by atoms with van der Waals surface area (Å²) >= 11 is 17.6. The van der Waals surface area contributed by atoms with Gasteiger partial charge < -0.3 is 28.8 Å². The predicted octanol–water partition coefficient (Wildman–Crippen LogP) is 2.44. The molecular formula is C22H23Cl3O12. The maximum atomic E-state index is 12.2. The average molecular weight is 586 g/mol. The highest BCUT2D eigenvalue weighted by Gasteiger charge is 2.31. The SMILES string of the molecule is C[C@H](O)C(=O)O[C@@H](C)C(=O)O[C@@H](C)C(=O)O[C@@H](C)C(=O)O[C@@H](C)C(=O)OC(=O)c1c(Cl)cc(Cl)cc1Cl.